The number of nitrogens with one attached hydrogen (secondary N) is 1. The summed E-state index contributed by atoms with van der Waals surface area (Å²) < 4.78 is 5.96. The molecule has 0 bridgehead atoms. The lowest BCUT2D eigenvalue weighted by atomic mass is 10.2. The molecule has 0 aliphatic rings. The van der Waals surface area contributed by atoms with Crippen molar-refractivity contribution in [3.05, 3.63) is 58.6 Å². The molecule has 0 atom stereocenters. The molecule has 0 saturated carbocycles. The number of carbonyl (C=O) groups is 2. The Morgan fingerprint density at radius 1 is 1.17 bits per heavy atom. The van der Waals surface area contributed by atoms with E-state index in [1.54, 1.807) is 36.3 Å². The van der Waals surface area contributed by atoms with Gasteiger partial charge in [0.1, 0.15) is 5.75 Å². The molecule has 0 aromatic heterocycles. The Balaban J connectivity index is 1.95. The maximum atomic E-state index is 12.1. The number of nitrogens with zero attached hydrogens (tertiary/aromatic N) is 1. The van der Waals surface area contributed by atoms with E-state index in [9.17, 15) is 9.59 Å². The summed E-state index contributed by atoms with van der Waals surface area (Å²) in [5, 5.41) is 2.82. The van der Waals surface area contributed by atoms with Gasteiger partial charge in [-0.3, -0.25) is 9.59 Å². The van der Waals surface area contributed by atoms with Crippen LogP contribution in [0.1, 0.15) is 17.3 Å². The van der Waals surface area contributed by atoms with Crippen LogP contribution in [0.2, 0.25) is 0 Å². The van der Waals surface area contributed by atoms with E-state index < -0.39 is 0 Å². The first-order valence-electron chi connectivity index (χ1n) is 7.47. The lowest BCUT2D eigenvalue weighted by Crippen LogP contribution is -2.37. The van der Waals surface area contributed by atoms with Crippen LogP contribution in [0, 0.1) is 0 Å². The second-order valence-corrected chi connectivity index (χ2v) is 6.05. The topological polar surface area (TPSA) is 58.6 Å². The van der Waals surface area contributed by atoms with Gasteiger partial charge in [0.25, 0.3) is 5.91 Å². The monoisotopic (exact) mass is 390 g/mol. The Morgan fingerprint density at radius 2 is 1.88 bits per heavy atom. The molecule has 0 aliphatic carbocycles. The molecule has 1 N–H and O–H groups in total. The molecular formula is C18H19BrN2O3. The number of benzene rings is 2. The Bertz CT molecular complexity index is 716. The predicted octanol–water partition coefficient (Wildman–Crippen LogP) is 3.24. The van der Waals surface area contributed by atoms with Gasteiger partial charge >= 0.3 is 0 Å². The first kappa shape index (κ1) is 18.0. The Hall–Kier alpha value is -2.34. The number of amides is 2. The highest BCUT2D eigenvalue weighted by Gasteiger charge is 2.12. The molecule has 0 radical (unpaired) electrons. The highest BCUT2D eigenvalue weighted by atomic mass is 79.9. The van der Waals surface area contributed by atoms with Crippen molar-refractivity contribution in [3.63, 3.8) is 0 Å². The molecule has 2 rings (SSSR count). The van der Waals surface area contributed by atoms with Gasteiger partial charge in [0.05, 0.1) is 7.11 Å². The fourth-order valence-corrected chi connectivity index (χ4v) is 2.63. The van der Waals surface area contributed by atoms with Crippen molar-refractivity contribution >= 4 is 33.4 Å². The number of halogens is 1. The largest absolute Gasteiger partial charge is 0.497 e. The Labute approximate surface area is 149 Å². The normalized spacial score (nSPS) is 10.1. The number of anilines is 1. The van der Waals surface area contributed by atoms with Crippen LogP contribution in [0.4, 0.5) is 5.69 Å². The van der Waals surface area contributed by atoms with Crippen LogP contribution in [0.5, 0.6) is 5.75 Å². The van der Waals surface area contributed by atoms with Gasteiger partial charge in [0.2, 0.25) is 5.91 Å². The van der Waals surface area contributed by atoms with Gasteiger partial charge in [-0.25, -0.2) is 0 Å². The fourth-order valence-electron chi connectivity index (χ4n) is 2.24. The first-order chi connectivity index (χ1) is 11.5. The summed E-state index contributed by atoms with van der Waals surface area (Å²) in [5.74, 6) is 0.436. The quantitative estimate of drug-likeness (QED) is 0.823. The average molecular weight is 391 g/mol. The van der Waals surface area contributed by atoms with Crippen LogP contribution in [-0.4, -0.2) is 32.0 Å². The van der Waals surface area contributed by atoms with Crippen molar-refractivity contribution in [1.82, 2.24) is 5.32 Å². The van der Waals surface area contributed by atoms with Gasteiger partial charge < -0.3 is 15.0 Å². The molecule has 6 heteroatoms. The van der Waals surface area contributed by atoms with Crippen molar-refractivity contribution in [1.29, 1.82) is 0 Å². The van der Waals surface area contributed by atoms with Gasteiger partial charge in [-0.15, -0.1) is 0 Å². The molecule has 24 heavy (non-hydrogen) atoms. The van der Waals surface area contributed by atoms with Crippen molar-refractivity contribution in [3.8, 4) is 5.75 Å². The highest BCUT2D eigenvalue weighted by Crippen LogP contribution is 2.19. The Morgan fingerprint density at radius 3 is 2.46 bits per heavy atom. The van der Waals surface area contributed by atoms with Crippen molar-refractivity contribution in [2.75, 3.05) is 25.1 Å². The third-order valence-electron chi connectivity index (χ3n) is 3.47. The predicted molar refractivity (Wildman–Crippen MR) is 97.5 cm³/mol. The number of methoxy groups -OCH3 is 1. The van der Waals surface area contributed by atoms with E-state index in [0.717, 1.165) is 10.2 Å². The van der Waals surface area contributed by atoms with E-state index in [-0.39, 0.29) is 11.8 Å². The van der Waals surface area contributed by atoms with Gasteiger partial charge in [0.15, 0.2) is 0 Å². The fraction of sp³-hybridized carbons (Fsp3) is 0.222. The number of ether oxygens (including phenoxy) is 1. The second-order valence-electron chi connectivity index (χ2n) is 5.13. The molecule has 0 spiro atoms. The lowest BCUT2D eigenvalue weighted by Gasteiger charge is -2.21. The molecule has 0 heterocycles. The van der Waals surface area contributed by atoms with E-state index in [4.69, 9.17) is 4.74 Å². The number of rotatable bonds is 6. The smallest absolute Gasteiger partial charge is 0.251 e. The maximum Gasteiger partial charge on any atom is 0.251 e. The van der Waals surface area contributed by atoms with E-state index in [1.807, 2.05) is 24.3 Å². The zero-order chi connectivity index (χ0) is 17.5. The molecule has 2 amide bonds. The van der Waals surface area contributed by atoms with Crippen LogP contribution < -0.4 is 15.0 Å². The summed E-state index contributed by atoms with van der Waals surface area (Å²) in [5.41, 5.74) is 1.34. The molecule has 0 unspecified atom stereocenters. The number of carbonyl (C=O) groups excluding carboxylic acids is 2. The van der Waals surface area contributed by atoms with E-state index in [1.165, 1.54) is 6.92 Å². The summed E-state index contributed by atoms with van der Waals surface area (Å²) in [6.45, 7) is 2.26. The number of hydrogen-bond acceptors (Lipinski definition) is 3. The minimum atomic E-state index is -0.185. The SMILES string of the molecule is COc1ccc(C(=O)NCCN(C(C)=O)c2cccc(Br)c2)cc1. The van der Waals surface area contributed by atoms with E-state index >= 15 is 0 Å². The molecule has 0 fully saturated rings. The van der Waals surface area contributed by atoms with Crippen LogP contribution in [0.15, 0.2) is 53.0 Å². The van der Waals surface area contributed by atoms with Crippen LogP contribution >= 0.6 is 15.9 Å². The lowest BCUT2D eigenvalue weighted by molar-refractivity contribution is -0.116. The van der Waals surface area contributed by atoms with Gasteiger partial charge in [-0.1, -0.05) is 22.0 Å². The van der Waals surface area contributed by atoms with Crippen LogP contribution in [0.3, 0.4) is 0 Å². The zero-order valence-corrected chi connectivity index (χ0v) is 15.2. The molecule has 0 aliphatic heterocycles. The van der Waals surface area contributed by atoms with Crippen molar-refractivity contribution < 1.29 is 14.3 Å². The number of hydrogen-bond donors (Lipinski definition) is 1. The summed E-state index contributed by atoms with van der Waals surface area (Å²) in [4.78, 5) is 25.6. The standard InChI is InChI=1S/C18H19BrN2O3/c1-13(22)21(16-5-3-4-15(19)12-16)11-10-20-18(23)14-6-8-17(24-2)9-7-14/h3-9,12H,10-11H2,1-2H3,(H,20,23). The van der Waals surface area contributed by atoms with E-state index in [2.05, 4.69) is 21.2 Å². The molecule has 2 aromatic carbocycles. The summed E-state index contributed by atoms with van der Waals surface area (Å²) in [7, 11) is 1.58. The molecule has 126 valence electrons. The summed E-state index contributed by atoms with van der Waals surface area (Å²) in [6.07, 6.45) is 0. The molecular weight excluding hydrogens is 372 g/mol. The third kappa shape index (κ3) is 4.83. The van der Waals surface area contributed by atoms with Crippen molar-refractivity contribution in [2.24, 2.45) is 0 Å². The summed E-state index contributed by atoms with van der Waals surface area (Å²) >= 11 is 3.40. The Kier molecular flexibility index (Phi) is 6.37. The first-order valence-corrected chi connectivity index (χ1v) is 8.26. The third-order valence-corrected chi connectivity index (χ3v) is 3.97. The van der Waals surface area contributed by atoms with Gasteiger partial charge in [-0.2, -0.15) is 0 Å². The maximum absolute atomic E-state index is 12.1. The second kappa shape index (κ2) is 8.49. The van der Waals surface area contributed by atoms with Crippen LogP contribution in [0.25, 0.3) is 0 Å². The van der Waals surface area contributed by atoms with Crippen molar-refractivity contribution in [2.45, 2.75) is 6.92 Å². The zero-order valence-electron chi connectivity index (χ0n) is 13.6. The van der Waals surface area contributed by atoms with Gasteiger partial charge in [0, 0.05) is 35.7 Å². The average Bonchev–Trinajstić information content (AvgIpc) is 2.58. The minimum absolute atomic E-state index is 0.0770. The minimum Gasteiger partial charge on any atom is -0.497 e. The molecule has 5 nitrogen and oxygen atoms in total. The van der Waals surface area contributed by atoms with Gasteiger partial charge in [-0.05, 0) is 42.5 Å². The summed E-state index contributed by atoms with van der Waals surface area (Å²) in [6, 6.07) is 14.4. The molecule has 0 saturated heterocycles. The molecule has 2 aromatic rings. The van der Waals surface area contributed by atoms with Crippen LogP contribution in [-0.2, 0) is 4.79 Å². The highest BCUT2D eigenvalue weighted by molar-refractivity contribution is 9.10. The van der Waals surface area contributed by atoms with E-state index in [0.29, 0.717) is 24.4 Å².